The number of sulfone groups is 1. The molecule has 10 nitrogen and oxygen atoms in total. The maximum atomic E-state index is 14.5. The normalized spacial score (nSPS) is 12.8. The zero-order chi connectivity index (χ0) is 27.1. The number of pyridine rings is 1. The van der Waals surface area contributed by atoms with Crippen LogP contribution in [0.25, 0.3) is 28.6 Å². The fourth-order valence-corrected chi connectivity index (χ4v) is 5.37. The molecule has 0 unspecified atom stereocenters. The third-order valence-electron chi connectivity index (χ3n) is 6.22. The molecule has 198 valence electrons. The van der Waals surface area contributed by atoms with Crippen molar-refractivity contribution < 1.29 is 21.9 Å². The highest BCUT2D eigenvalue weighted by atomic mass is 32.2. The summed E-state index contributed by atoms with van der Waals surface area (Å²) in [6.07, 6.45) is 5.85. The fourth-order valence-electron chi connectivity index (χ4n) is 4.43. The lowest BCUT2D eigenvalue weighted by Crippen LogP contribution is -2.08. The third-order valence-corrected chi connectivity index (χ3v) is 7.42. The van der Waals surface area contributed by atoms with Crippen molar-refractivity contribution in [3.63, 3.8) is 0 Å². The molecule has 0 atom stereocenters. The van der Waals surface area contributed by atoms with Gasteiger partial charge in [0.2, 0.25) is 0 Å². The average molecular weight is 550 g/mol. The maximum Gasteiger partial charge on any atom is 0.183 e. The highest BCUT2D eigenvalue weighted by molar-refractivity contribution is 7.90. The first-order valence-electron chi connectivity index (χ1n) is 11.9. The van der Waals surface area contributed by atoms with Crippen molar-refractivity contribution >= 4 is 15.7 Å². The molecule has 0 bridgehead atoms. The molecule has 0 saturated heterocycles. The van der Waals surface area contributed by atoms with Gasteiger partial charge in [0.05, 0.1) is 17.0 Å². The van der Waals surface area contributed by atoms with Gasteiger partial charge in [-0.1, -0.05) is 18.2 Å². The van der Waals surface area contributed by atoms with Crippen LogP contribution in [0.1, 0.15) is 5.56 Å². The van der Waals surface area contributed by atoms with Gasteiger partial charge in [-0.05, 0) is 23.8 Å². The molecule has 4 heterocycles. The monoisotopic (exact) mass is 549 g/mol. The molecule has 0 radical (unpaired) electrons. The Labute approximate surface area is 221 Å². The molecule has 39 heavy (non-hydrogen) atoms. The number of nitrogens with one attached hydrogen (secondary N) is 1. The van der Waals surface area contributed by atoms with Crippen LogP contribution in [0, 0.1) is 11.6 Å². The van der Waals surface area contributed by atoms with Gasteiger partial charge in [-0.3, -0.25) is 0 Å². The van der Waals surface area contributed by atoms with Crippen LogP contribution in [-0.2, 0) is 22.9 Å². The molecule has 0 fully saturated rings. The zero-order valence-corrected chi connectivity index (χ0v) is 21.4. The lowest BCUT2D eigenvalue weighted by atomic mass is 10.2. The highest BCUT2D eigenvalue weighted by Gasteiger charge is 2.23. The van der Waals surface area contributed by atoms with E-state index in [9.17, 15) is 17.2 Å². The van der Waals surface area contributed by atoms with Gasteiger partial charge in [-0.15, -0.1) is 0 Å². The van der Waals surface area contributed by atoms with Crippen LogP contribution < -0.4 is 10.1 Å². The summed E-state index contributed by atoms with van der Waals surface area (Å²) in [5, 5.41) is 7.28. The van der Waals surface area contributed by atoms with E-state index in [1.54, 1.807) is 42.7 Å². The number of fused-ring (bicyclic) bond motifs is 3. The lowest BCUT2D eigenvalue weighted by Gasteiger charge is -2.12. The molecule has 1 aliphatic heterocycles. The second-order valence-electron chi connectivity index (χ2n) is 8.88. The van der Waals surface area contributed by atoms with Gasteiger partial charge < -0.3 is 14.6 Å². The molecule has 1 N–H and O–H groups in total. The topological polar surface area (TPSA) is 117 Å². The summed E-state index contributed by atoms with van der Waals surface area (Å²) in [5.74, 6) is 0.455. The van der Waals surface area contributed by atoms with E-state index in [1.165, 1.54) is 23.3 Å². The largest absolute Gasteiger partial charge is 0.491 e. The zero-order valence-electron chi connectivity index (χ0n) is 20.5. The molecular formula is C26H21F2N7O3S. The minimum Gasteiger partial charge on any atom is -0.491 e. The summed E-state index contributed by atoms with van der Waals surface area (Å²) in [7, 11) is -3.38. The third kappa shape index (κ3) is 4.72. The lowest BCUT2D eigenvalue weighted by molar-refractivity contribution is 0.306. The highest BCUT2D eigenvalue weighted by Crippen LogP contribution is 2.35. The summed E-state index contributed by atoms with van der Waals surface area (Å²) in [6, 6.07) is 11.7. The Morgan fingerprint density at radius 2 is 1.92 bits per heavy atom. The molecule has 2 aromatic carbocycles. The quantitative estimate of drug-likeness (QED) is 0.339. The maximum absolute atomic E-state index is 14.5. The van der Waals surface area contributed by atoms with E-state index in [-0.39, 0.29) is 17.1 Å². The first-order valence-corrected chi connectivity index (χ1v) is 13.7. The van der Waals surface area contributed by atoms with E-state index in [2.05, 4.69) is 20.4 Å². The average Bonchev–Trinajstić information content (AvgIpc) is 3.51. The van der Waals surface area contributed by atoms with Crippen LogP contribution in [-0.4, -0.2) is 50.6 Å². The van der Waals surface area contributed by atoms with Gasteiger partial charge in [-0.2, -0.15) is 5.10 Å². The Kier molecular flexibility index (Phi) is 6.06. The van der Waals surface area contributed by atoms with Gasteiger partial charge >= 0.3 is 0 Å². The van der Waals surface area contributed by atoms with Gasteiger partial charge in [0.15, 0.2) is 21.5 Å². The van der Waals surface area contributed by atoms with E-state index in [0.717, 1.165) is 12.1 Å². The van der Waals surface area contributed by atoms with Crippen LogP contribution in [0.3, 0.4) is 0 Å². The standard InChI is InChI=1S/C26H21F2N7O3S/c1-39(36,37)23-5-3-2-4-16(23)12-29-24-11-22-18(13-30-24)25-33-20(14-34(25)8-9-38-22)26-31-15-32-35(26)21-7-6-17(27)10-19(21)28/h2-7,10-11,13-15H,8-9,12H2,1H3,(H,29,30). The van der Waals surface area contributed by atoms with Crippen LogP contribution in [0.5, 0.6) is 5.75 Å². The molecule has 0 saturated carbocycles. The summed E-state index contributed by atoms with van der Waals surface area (Å²) >= 11 is 0. The SMILES string of the molecule is CS(=O)(=O)c1ccccc1CNc1cc2c(cn1)-c1nc(-c3ncnn3-c3ccc(F)cc3F)cn1CCO2. The van der Waals surface area contributed by atoms with Crippen LogP contribution in [0.4, 0.5) is 14.6 Å². The Balaban J connectivity index is 1.30. The number of anilines is 1. The first-order chi connectivity index (χ1) is 18.8. The molecule has 6 rings (SSSR count). The Bertz CT molecular complexity index is 1820. The number of ether oxygens (including phenoxy) is 1. The van der Waals surface area contributed by atoms with Crippen molar-refractivity contribution in [1.82, 2.24) is 29.3 Å². The number of benzene rings is 2. The molecule has 13 heteroatoms. The van der Waals surface area contributed by atoms with Crippen molar-refractivity contribution in [2.45, 2.75) is 18.0 Å². The number of aromatic nitrogens is 6. The second kappa shape index (κ2) is 9.58. The predicted molar refractivity (Wildman–Crippen MR) is 138 cm³/mol. The number of rotatable bonds is 6. The molecule has 5 aromatic rings. The van der Waals surface area contributed by atoms with E-state index in [1.807, 2.05) is 4.57 Å². The Morgan fingerprint density at radius 3 is 2.74 bits per heavy atom. The Morgan fingerprint density at radius 1 is 1.08 bits per heavy atom. The number of hydrogen-bond donors (Lipinski definition) is 1. The minimum atomic E-state index is -3.38. The number of nitrogens with zero attached hydrogens (tertiary/aromatic N) is 6. The van der Waals surface area contributed by atoms with E-state index < -0.39 is 21.5 Å². The molecule has 0 spiro atoms. The van der Waals surface area contributed by atoms with Crippen molar-refractivity contribution in [3.05, 3.63) is 84.4 Å². The number of halogens is 2. The minimum absolute atomic E-state index is 0.0469. The van der Waals surface area contributed by atoms with Crippen LogP contribution >= 0.6 is 0 Å². The second-order valence-corrected chi connectivity index (χ2v) is 10.9. The van der Waals surface area contributed by atoms with Crippen molar-refractivity contribution in [2.24, 2.45) is 0 Å². The van der Waals surface area contributed by atoms with Crippen molar-refractivity contribution in [3.8, 4) is 34.3 Å². The molecule has 1 aliphatic rings. The fraction of sp³-hybridized carbons (Fsp3) is 0.154. The van der Waals surface area contributed by atoms with Crippen LogP contribution in [0.2, 0.25) is 0 Å². The molecule has 0 amide bonds. The summed E-state index contributed by atoms with van der Waals surface area (Å²) in [4.78, 5) is 13.7. The van der Waals surface area contributed by atoms with Gasteiger partial charge in [-0.25, -0.2) is 36.8 Å². The predicted octanol–water partition coefficient (Wildman–Crippen LogP) is 3.88. The summed E-state index contributed by atoms with van der Waals surface area (Å²) in [5.41, 5.74) is 1.75. The number of hydrogen-bond acceptors (Lipinski definition) is 8. The Hall–Kier alpha value is -4.65. The summed E-state index contributed by atoms with van der Waals surface area (Å²) < 4.78 is 61.2. The molecule has 3 aromatic heterocycles. The molecule has 0 aliphatic carbocycles. The summed E-state index contributed by atoms with van der Waals surface area (Å²) in [6.45, 7) is 1.10. The van der Waals surface area contributed by atoms with Gasteiger partial charge in [0, 0.05) is 37.3 Å². The van der Waals surface area contributed by atoms with E-state index >= 15 is 0 Å². The van der Waals surface area contributed by atoms with Crippen LogP contribution in [0.15, 0.2) is 72.1 Å². The van der Waals surface area contributed by atoms with Gasteiger partial charge in [0.1, 0.15) is 47.5 Å². The smallest absolute Gasteiger partial charge is 0.183 e. The molecular weight excluding hydrogens is 528 g/mol. The van der Waals surface area contributed by atoms with E-state index in [4.69, 9.17) is 9.72 Å². The first kappa shape index (κ1) is 24.7. The number of imidazole rings is 1. The van der Waals surface area contributed by atoms with Crippen molar-refractivity contribution in [1.29, 1.82) is 0 Å². The van der Waals surface area contributed by atoms with E-state index in [0.29, 0.717) is 53.2 Å². The van der Waals surface area contributed by atoms with Crippen molar-refractivity contribution in [2.75, 3.05) is 18.2 Å². The van der Waals surface area contributed by atoms with Gasteiger partial charge in [0.25, 0.3) is 0 Å².